The van der Waals surface area contributed by atoms with Crippen LogP contribution in [0, 0.1) is 20.2 Å². The van der Waals surface area contributed by atoms with E-state index in [1.807, 2.05) is 0 Å². The summed E-state index contributed by atoms with van der Waals surface area (Å²) in [6.45, 7) is 0. The number of nitro benzene ring substituents is 2. The van der Waals surface area contributed by atoms with Crippen molar-refractivity contribution in [1.29, 1.82) is 0 Å². The SMILES string of the molecule is O=[N+]([O-])c1ccc(N=Nc2ccc(Cl)cc2)c([N+](=O)[O-])c1. The number of halogens is 1. The van der Waals surface area contributed by atoms with Crippen LogP contribution in [0.1, 0.15) is 0 Å². The van der Waals surface area contributed by atoms with E-state index in [9.17, 15) is 20.2 Å². The Morgan fingerprint density at radius 1 is 0.905 bits per heavy atom. The molecule has 0 aliphatic carbocycles. The molecule has 0 spiro atoms. The van der Waals surface area contributed by atoms with E-state index < -0.39 is 15.5 Å². The molecule has 0 bridgehead atoms. The molecule has 0 radical (unpaired) electrons. The maximum Gasteiger partial charge on any atom is 0.303 e. The molecule has 21 heavy (non-hydrogen) atoms. The van der Waals surface area contributed by atoms with Gasteiger partial charge in [-0.05, 0) is 30.3 Å². The summed E-state index contributed by atoms with van der Waals surface area (Å²) in [6, 6.07) is 9.52. The molecule has 9 heteroatoms. The molecule has 0 heterocycles. The van der Waals surface area contributed by atoms with E-state index in [2.05, 4.69) is 10.2 Å². The van der Waals surface area contributed by atoms with Crippen LogP contribution in [-0.4, -0.2) is 9.85 Å². The van der Waals surface area contributed by atoms with Gasteiger partial charge in [-0.3, -0.25) is 20.2 Å². The Kier molecular flexibility index (Phi) is 4.19. The molecule has 0 saturated carbocycles. The molecule has 0 fully saturated rings. The molecule has 0 atom stereocenters. The van der Waals surface area contributed by atoms with Crippen LogP contribution in [0.2, 0.25) is 5.02 Å². The highest BCUT2D eigenvalue weighted by Crippen LogP contribution is 2.32. The molecule has 2 aromatic rings. The molecule has 0 aliphatic heterocycles. The van der Waals surface area contributed by atoms with Gasteiger partial charge in [0.05, 0.1) is 21.6 Å². The molecular formula is C12H7ClN4O4. The Morgan fingerprint density at radius 3 is 2.14 bits per heavy atom. The molecule has 0 unspecified atom stereocenters. The lowest BCUT2D eigenvalue weighted by Crippen LogP contribution is -1.92. The van der Waals surface area contributed by atoms with E-state index in [1.165, 1.54) is 6.07 Å². The zero-order valence-corrected chi connectivity index (χ0v) is 11.1. The van der Waals surface area contributed by atoms with Crippen molar-refractivity contribution < 1.29 is 9.85 Å². The van der Waals surface area contributed by atoms with Gasteiger partial charge in [-0.15, -0.1) is 5.11 Å². The van der Waals surface area contributed by atoms with E-state index in [4.69, 9.17) is 11.6 Å². The summed E-state index contributed by atoms with van der Waals surface area (Å²) in [5.74, 6) is 0. The highest BCUT2D eigenvalue weighted by Gasteiger charge is 2.19. The first-order valence-corrected chi connectivity index (χ1v) is 5.95. The first-order valence-electron chi connectivity index (χ1n) is 5.57. The summed E-state index contributed by atoms with van der Waals surface area (Å²) in [5, 5.41) is 29.6. The van der Waals surface area contributed by atoms with Crippen molar-refractivity contribution >= 4 is 34.4 Å². The van der Waals surface area contributed by atoms with Crippen LogP contribution in [0.5, 0.6) is 0 Å². The molecule has 106 valence electrons. The van der Waals surface area contributed by atoms with Crippen molar-refractivity contribution in [3.63, 3.8) is 0 Å². The minimum atomic E-state index is -0.747. The lowest BCUT2D eigenvalue weighted by atomic mass is 10.2. The minimum absolute atomic E-state index is 0.0689. The van der Waals surface area contributed by atoms with E-state index in [1.54, 1.807) is 24.3 Å². The van der Waals surface area contributed by atoms with Gasteiger partial charge in [-0.25, -0.2) is 0 Å². The second-order valence-electron chi connectivity index (χ2n) is 3.86. The third-order valence-electron chi connectivity index (χ3n) is 2.47. The zero-order valence-electron chi connectivity index (χ0n) is 10.3. The van der Waals surface area contributed by atoms with Gasteiger partial charge in [0.1, 0.15) is 0 Å². The fraction of sp³-hybridized carbons (Fsp3) is 0. The number of benzene rings is 2. The number of non-ortho nitro benzene ring substituents is 1. The van der Waals surface area contributed by atoms with Crippen molar-refractivity contribution in [3.05, 3.63) is 67.7 Å². The van der Waals surface area contributed by atoms with Gasteiger partial charge >= 0.3 is 5.69 Å². The quantitative estimate of drug-likeness (QED) is 0.467. The van der Waals surface area contributed by atoms with Crippen LogP contribution in [0.15, 0.2) is 52.7 Å². The number of hydrogen-bond donors (Lipinski definition) is 0. The first kappa shape index (κ1) is 14.5. The standard InChI is InChI=1S/C12H7ClN4O4/c13-8-1-3-9(4-2-8)14-15-11-6-5-10(16(18)19)7-12(11)17(20)21/h1-7H. The van der Waals surface area contributed by atoms with Crippen molar-refractivity contribution in [3.8, 4) is 0 Å². The van der Waals surface area contributed by atoms with Gasteiger partial charge in [0.25, 0.3) is 5.69 Å². The van der Waals surface area contributed by atoms with Crippen molar-refractivity contribution in [2.75, 3.05) is 0 Å². The minimum Gasteiger partial charge on any atom is -0.258 e. The zero-order chi connectivity index (χ0) is 15.4. The van der Waals surface area contributed by atoms with Crippen LogP contribution in [0.3, 0.4) is 0 Å². The topological polar surface area (TPSA) is 111 Å². The van der Waals surface area contributed by atoms with E-state index in [-0.39, 0.29) is 11.4 Å². The molecule has 0 amide bonds. The molecular weight excluding hydrogens is 300 g/mol. The van der Waals surface area contributed by atoms with Crippen LogP contribution in [-0.2, 0) is 0 Å². The largest absolute Gasteiger partial charge is 0.303 e. The van der Waals surface area contributed by atoms with E-state index >= 15 is 0 Å². The normalized spacial score (nSPS) is 10.7. The Bertz CT molecular complexity index is 731. The molecule has 0 saturated heterocycles. The van der Waals surface area contributed by atoms with Gasteiger partial charge in [-0.1, -0.05) is 11.6 Å². The maximum atomic E-state index is 10.9. The van der Waals surface area contributed by atoms with Crippen LogP contribution in [0.4, 0.5) is 22.7 Å². The lowest BCUT2D eigenvalue weighted by molar-refractivity contribution is -0.393. The van der Waals surface area contributed by atoms with Crippen molar-refractivity contribution in [1.82, 2.24) is 0 Å². The molecule has 0 N–H and O–H groups in total. The molecule has 8 nitrogen and oxygen atoms in total. The Hall–Kier alpha value is -2.87. The number of azo groups is 1. The second-order valence-corrected chi connectivity index (χ2v) is 4.30. The summed E-state index contributed by atoms with van der Waals surface area (Å²) in [6.07, 6.45) is 0. The molecule has 2 rings (SSSR count). The van der Waals surface area contributed by atoms with Crippen molar-refractivity contribution in [2.24, 2.45) is 10.2 Å². The van der Waals surface area contributed by atoms with Gasteiger partial charge in [0.2, 0.25) is 0 Å². The first-order chi connectivity index (χ1) is 9.97. The average molecular weight is 307 g/mol. The second kappa shape index (κ2) is 6.06. The monoisotopic (exact) mass is 306 g/mol. The highest BCUT2D eigenvalue weighted by molar-refractivity contribution is 6.30. The van der Waals surface area contributed by atoms with Crippen LogP contribution < -0.4 is 0 Å². The Balaban J connectivity index is 2.37. The summed E-state index contributed by atoms with van der Waals surface area (Å²) >= 11 is 5.72. The third kappa shape index (κ3) is 3.57. The number of rotatable bonds is 4. The van der Waals surface area contributed by atoms with Gasteiger partial charge in [-0.2, -0.15) is 5.11 Å². The predicted molar refractivity (Wildman–Crippen MR) is 75.4 cm³/mol. The smallest absolute Gasteiger partial charge is 0.258 e. The summed E-state index contributed by atoms with van der Waals surface area (Å²) in [4.78, 5) is 20.1. The maximum absolute atomic E-state index is 10.9. The number of nitro groups is 2. The number of hydrogen-bond acceptors (Lipinski definition) is 6. The molecule has 0 aliphatic rings. The number of nitrogens with zero attached hydrogens (tertiary/aromatic N) is 4. The van der Waals surface area contributed by atoms with E-state index in [0.29, 0.717) is 10.7 Å². The predicted octanol–water partition coefficient (Wildman–Crippen LogP) is 4.57. The molecule has 0 aromatic heterocycles. The fourth-order valence-electron chi connectivity index (χ4n) is 1.48. The van der Waals surface area contributed by atoms with Crippen LogP contribution in [0.25, 0.3) is 0 Å². The lowest BCUT2D eigenvalue weighted by Gasteiger charge is -1.97. The van der Waals surface area contributed by atoms with Gasteiger partial charge in [0, 0.05) is 11.1 Å². The fourth-order valence-corrected chi connectivity index (χ4v) is 1.60. The third-order valence-corrected chi connectivity index (χ3v) is 2.72. The average Bonchev–Trinajstić information content (AvgIpc) is 2.46. The van der Waals surface area contributed by atoms with Crippen molar-refractivity contribution in [2.45, 2.75) is 0 Å². The summed E-state index contributed by atoms with van der Waals surface area (Å²) in [7, 11) is 0. The molecule has 2 aromatic carbocycles. The van der Waals surface area contributed by atoms with Crippen LogP contribution >= 0.6 is 11.6 Å². The summed E-state index contributed by atoms with van der Waals surface area (Å²) in [5.41, 5.74) is -0.485. The Labute approximate surface area is 123 Å². The van der Waals surface area contributed by atoms with E-state index in [0.717, 1.165) is 12.1 Å². The van der Waals surface area contributed by atoms with Gasteiger partial charge in [0.15, 0.2) is 5.69 Å². The summed E-state index contributed by atoms with van der Waals surface area (Å²) < 4.78 is 0. The Morgan fingerprint density at radius 2 is 1.57 bits per heavy atom. The van der Waals surface area contributed by atoms with Gasteiger partial charge < -0.3 is 0 Å². The highest BCUT2D eigenvalue weighted by atomic mass is 35.5.